The molecule has 0 saturated heterocycles. The summed E-state index contributed by atoms with van der Waals surface area (Å²) in [6.07, 6.45) is 16.2. The fourth-order valence-electron chi connectivity index (χ4n) is 12.4. The zero-order valence-corrected chi connectivity index (χ0v) is 61.9. The normalized spacial score (nSPS) is 15.8. The lowest BCUT2D eigenvalue weighted by Crippen LogP contribution is -2.41. The molecule has 2 aromatic carbocycles. The summed E-state index contributed by atoms with van der Waals surface area (Å²) in [6.45, 7) is 43.2. The molecular formula is C80H120N4O6S2. The molecule has 10 nitrogen and oxygen atoms in total. The van der Waals surface area contributed by atoms with E-state index in [1.165, 1.54) is 66.0 Å². The van der Waals surface area contributed by atoms with Crippen molar-refractivity contribution in [2.24, 2.45) is 47.3 Å². The van der Waals surface area contributed by atoms with Gasteiger partial charge in [0.25, 0.3) is 11.8 Å². The molecule has 2 amide bonds. The monoisotopic (exact) mass is 1300 g/mol. The third kappa shape index (κ3) is 22.3. The minimum atomic E-state index is -0.734. The van der Waals surface area contributed by atoms with Crippen molar-refractivity contribution in [3.8, 4) is 20.2 Å². The number of rotatable bonds is 40. The highest BCUT2D eigenvalue weighted by molar-refractivity contribution is 7.24. The fourth-order valence-corrected chi connectivity index (χ4v) is 14.5. The Labute approximate surface area is 565 Å². The molecule has 0 aliphatic carbocycles. The zero-order valence-electron chi connectivity index (χ0n) is 60.3. The molecule has 4 atom stereocenters. The minimum Gasteiger partial charge on any atom is -0.351 e. The topological polar surface area (TPSA) is 103 Å². The zero-order chi connectivity index (χ0) is 66.9. The van der Waals surface area contributed by atoms with Crippen LogP contribution in [-0.2, 0) is 39.4 Å². The predicted octanol–water partition coefficient (Wildman–Crippen LogP) is 19.7. The summed E-state index contributed by atoms with van der Waals surface area (Å²) in [5.74, 6) is 4.95. The van der Waals surface area contributed by atoms with Crippen molar-refractivity contribution in [3.05, 3.63) is 105 Å². The van der Waals surface area contributed by atoms with Crippen molar-refractivity contribution in [3.63, 3.8) is 0 Å². The van der Waals surface area contributed by atoms with Crippen LogP contribution in [0.25, 0.3) is 31.3 Å². The number of amides is 2. The van der Waals surface area contributed by atoms with Gasteiger partial charge in [0.1, 0.15) is 10.7 Å². The molecule has 92 heavy (non-hydrogen) atoms. The summed E-state index contributed by atoms with van der Waals surface area (Å²) in [4.78, 5) is 51.1. The van der Waals surface area contributed by atoms with E-state index < -0.39 is 12.6 Å². The van der Waals surface area contributed by atoms with Crippen molar-refractivity contribution in [2.45, 2.75) is 251 Å². The van der Waals surface area contributed by atoms with Gasteiger partial charge in [-0.2, -0.15) is 0 Å². The van der Waals surface area contributed by atoms with Crippen LogP contribution in [0.2, 0.25) is 0 Å². The number of fused-ring (bicyclic) bond motifs is 2. The number of hydrogen-bond donors (Lipinski definition) is 0. The van der Waals surface area contributed by atoms with E-state index in [0.29, 0.717) is 107 Å². The van der Waals surface area contributed by atoms with E-state index in [9.17, 15) is 0 Å². The smallest absolute Gasteiger partial charge is 0.262 e. The maximum Gasteiger partial charge on any atom is 0.262 e. The first-order chi connectivity index (χ1) is 43.7. The molecule has 12 heteroatoms. The van der Waals surface area contributed by atoms with Gasteiger partial charge in [-0.15, -0.1) is 22.7 Å². The Balaban J connectivity index is 1.32. The van der Waals surface area contributed by atoms with Crippen LogP contribution in [0.3, 0.4) is 0 Å². The summed E-state index contributed by atoms with van der Waals surface area (Å²) in [5.41, 5.74) is 4.51. The summed E-state index contributed by atoms with van der Waals surface area (Å²) < 4.78 is 27.2. The van der Waals surface area contributed by atoms with E-state index >= 15 is 9.59 Å². The highest BCUT2D eigenvalue weighted by Crippen LogP contribution is 2.41. The average molecular weight is 1300 g/mol. The Morgan fingerprint density at radius 1 is 0.380 bits per heavy atom. The molecular weight excluding hydrogens is 1180 g/mol. The number of carbonyl (C=O) groups excluding carboxylic acids is 2. The molecule has 7 rings (SSSR count). The third-order valence-electron chi connectivity index (χ3n) is 18.7. The van der Waals surface area contributed by atoms with Gasteiger partial charge in [-0.3, -0.25) is 19.4 Å². The second-order valence-corrected chi connectivity index (χ2v) is 33.5. The first-order valence-electron chi connectivity index (χ1n) is 35.9. The number of anilines is 2. The molecule has 5 heterocycles. The number of aromatic nitrogens is 2. The van der Waals surface area contributed by atoms with Crippen LogP contribution in [0, 0.1) is 47.3 Å². The Kier molecular flexibility index (Phi) is 28.8. The molecule has 4 unspecified atom stereocenters. The molecule has 0 saturated carbocycles. The number of hydrogen-bond acceptors (Lipinski definition) is 10. The standard InChI is InChI=1S/C80H120N4O6S2/c1-53(2)23-19-27-57(9)43-47-87-69(88-48-44-58(10)28-20-24-54(3)4)51-83-75-73(71(77(83)85)62-33-31-61(32-34-62)65-39-40-66(91-65)67-41-42-68(92-67)80(16,17)18)81-76-74(82-75)72(63-35-37-64(38-36-63)79(13,14)15)78(86)84(76)52-70(89-49-45-59(11)29-21-25-55(5)6)90-50-46-60(12)30-22-26-56(7)8/h31-42,53-60,69-70H,19-30,43-52H2,1-18H3. The lowest BCUT2D eigenvalue weighted by Gasteiger charge is -2.27. The van der Waals surface area contributed by atoms with Gasteiger partial charge in [0.05, 0.1) is 50.7 Å². The second-order valence-electron chi connectivity index (χ2n) is 31.3. The molecule has 508 valence electrons. The van der Waals surface area contributed by atoms with Gasteiger partial charge in [0, 0.05) is 19.5 Å². The van der Waals surface area contributed by atoms with Crippen LogP contribution >= 0.6 is 22.7 Å². The van der Waals surface area contributed by atoms with E-state index in [-0.39, 0.29) is 35.7 Å². The van der Waals surface area contributed by atoms with Crippen LogP contribution in [0.15, 0.2) is 72.8 Å². The summed E-state index contributed by atoms with van der Waals surface area (Å²) in [7, 11) is 0. The highest BCUT2D eigenvalue weighted by Gasteiger charge is 2.41. The molecule has 0 spiro atoms. The van der Waals surface area contributed by atoms with Crippen molar-refractivity contribution >= 4 is 57.3 Å². The molecule has 0 bridgehead atoms. The van der Waals surface area contributed by atoms with Gasteiger partial charge >= 0.3 is 0 Å². The molecule has 2 aliphatic rings. The van der Waals surface area contributed by atoms with Gasteiger partial charge in [-0.1, -0.05) is 250 Å². The molecule has 0 fully saturated rings. The SMILES string of the molecule is CC(C)CCCC(C)CCOC(CN1C(=O)C(c2ccc(-c3ccc(-c4ccc(C(C)(C)C)s4)s3)cc2)=c2nc3c(nc21)=C(c1ccc(C(C)(C)C)cc1)C(=O)N3CC(OCCC(C)CCCC(C)C)OCCC(C)CCCC(C)C)OCCC(C)CCCC(C)C. The number of thiophene rings is 2. The molecule has 5 aromatic rings. The van der Waals surface area contributed by atoms with Crippen LogP contribution in [0.4, 0.5) is 11.6 Å². The van der Waals surface area contributed by atoms with E-state index in [4.69, 9.17) is 28.9 Å². The van der Waals surface area contributed by atoms with Gasteiger partial charge in [-0.25, -0.2) is 9.97 Å². The van der Waals surface area contributed by atoms with Crippen LogP contribution in [0.5, 0.6) is 0 Å². The van der Waals surface area contributed by atoms with Crippen molar-refractivity contribution < 1.29 is 28.5 Å². The quantitative estimate of drug-likeness (QED) is 0.0357. The Morgan fingerprint density at radius 3 is 1.04 bits per heavy atom. The van der Waals surface area contributed by atoms with E-state index in [1.807, 2.05) is 35.6 Å². The fraction of sp³-hybridized carbons (Fsp3) is 0.650. The molecule has 0 radical (unpaired) electrons. The lowest BCUT2D eigenvalue weighted by atomic mass is 9.86. The third-order valence-corrected chi connectivity index (χ3v) is 21.5. The molecule has 0 N–H and O–H groups in total. The van der Waals surface area contributed by atoms with Crippen molar-refractivity contribution in [2.75, 3.05) is 49.3 Å². The number of benzene rings is 2. The average Bonchev–Trinajstić information content (AvgIpc) is 1.57. The minimum absolute atomic E-state index is 0.0820. The summed E-state index contributed by atoms with van der Waals surface area (Å²) >= 11 is 3.64. The number of carbonyl (C=O) groups is 2. The van der Waals surface area contributed by atoms with Crippen molar-refractivity contribution in [1.29, 1.82) is 0 Å². The van der Waals surface area contributed by atoms with Gasteiger partial charge in [0.15, 0.2) is 24.2 Å². The predicted molar refractivity (Wildman–Crippen MR) is 389 cm³/mol. The van der Waals surface area contributed by atoms with Gasteiger partial charge in [0.2, 0.25) is 0 Å². The van der Waals surface area contributed by atoms with Crippen LogP contribution in [0.1, 0.15) is 249 Å². The Morgan fingerprint density at radius 2 is 0.707 bits per heavy atom. The van der Waals surface area contributed by atoms with Gasteiger partial charge in [-0.05, 0) is 130 Å². The summed E-state index contributed by atoms with van der Waals surface area (Å²) in [5, 5.41) is 0.857. The van der Waals surface area contributed by atoms with Crippen molar-refractivity contribution in [1.82, 2.24) is 9.97 Å². The molecule has 3 aromatic heterocycles. The Hall–Kier alpha value is -4.56. The Bertz CT molecular complexity index is 3150. The number of nitrogens with zero attached hydrogens (tertiary/aromatic N) is 4. The first kappa shape index (κ1) is 74.8. The second kappa shape index (κ2) is 35.4. The van der Waals surface area contributed by atoms with Crippen LogP contribution < -0.4 is 20.5 Å². The number of ether oxygens (including phenoxy) is 4. The van der Waals surface area contributed by atoms with E-state index in [0.717, 1.165) is 78.5 Å². The maximum absolute atomic E-state index is 15.8. The molecule has 2 aliphatic heterocycles. The van der Waals surface area contributed by atoms with Gasteiger partial charge < -0.3 is 18.9 Å². The van der Waals surface area contributed by atoms with E-state index in [1.54, 1.807) is 21.1 Å². The maximum atomic E-state index is 15.8. The highest BCUT2D eigenvalue weighted by atomic mass is 32.1. The summed E-state index contributed by atoms with van der Waals surface area (Å²) in [6, 6.07) is 25.5. The van der Waals surface area contributed by atoms with E-state index in [2.05, 4.69) is 173 Å². The lowest BCUT2D eigenvalue weighted by molar-refractivity contribution is -0.143. The van der Waals surface area contributed by atoms with Crippen LogP contribution in [-0.4, -0.2) is 73.9 Å². The first-order valence-corrected chi connectivity index (χ1v) is 37.5. The largest absolute Gasteiger partial charge is 0.351 e.